The van der Waals surface area contributed by atoms with Crippen LogP contribution in [0.25, 0.3) is 22.3 Å². The van der Waals surface area contributed by atoms with Crippen LogP contribution in [0, 0.1) is 0 Å². The minimum Gasteiger partial charge on any atom is -0.354 e. The third kappa shape index (κ3) is 9.55. The van der Waals surface area contributed by atoms with Gasteiger partial charge in [-0.2, -0.15) is 0 Å². The van der Waals surface area contributed by atoms with E-state index in [0.29, 0.717) is 0 Å². The van der Waals surface area contributed by atoms with Crippen molar-refractivity contribution < 1.29 is 0 Å². The van der Waals surface area contributed by atoms with Gasteiger partial charge < -0.3 is 19.9 Å². The maximum Gasteiger partial charge on any atom is 0.0485 e. The molecule has 4 nitrogen and oxygen atoms in total. The van der Waals surface area contributed by atoms with E-state index in [2.05, 4.69) is 269 Å². The molecular formula is C52H40Br8N4. The number of nitrogens with one attached hydrogen (secondary N) is 4. The number of aromatic nitrogens is 4. The van der Waals surface area contributed by atoms with E-state index in [-0.39, 0.29) is 0 Å². The summed E-state index contributed by atoms with van der Waals surface area (Å²) in [7, 11) is 0. The minimum atomic E-state index is 0.747. The van der Waals surface area contributed by atoms with Gasteiger partial charge in [-0.15, -0.1) is 0 Å². The van der Waals surface area contributed by atoms with Gasteiger partial charge in [-0.05, 0) is 115 Å². The van der Waals surface area contributed by atoms with Crippen LogP contribution in [-0.4, -0.2) is 19.9 Å². The molecule has 64 heavy (non-hydrogen) atoms. The Hall–Kier alpha value is -2.68. The molecule has 4 N–H and O–H groups in total. The van der Waals surface area contributed by atoms with E-state index < -0.39 is 0 Å². The second-order valence-electron chi connectivity index (χ2n) is 15.9. The normalized spacial score (nSPS) is 12.8. The van der Waals surface area contributed by atoms with Crippen molar-refractivity contribution in [3.05, 3.63) is 232 Å². The molecule has 0 aliphatic carbocycles. The lowest BCUT2D eigenvalue weighted by atomic mass is 9.98. The summed E-state index contributed by atoms with van der Waals surface area (Å²) < 4.78 is 0. The first-order valence-electron chi connectivity index (χ1n) is 20.5. The van der Waals surface area contributed by atoms with Gasteiger partial charge in [0.2, 0.25) is 0 Å². The Bertz CT molecular complexity index is 2780. The standard InChI is InChI=1S/C52H40Br8N4/c53-21-29-9-30(22-54)14-37(13-29)49-41-1-2-42(61-41)50(38-15-31(23-55)10-32(16-38)24-56)44-5-6-46(63-44)52(40-19-35(27-59)12-36(20-40)28-60)48-8-7-47(64-48)51(45-4-3-43(49)62-45)39-17-33(25-57)11-34(18-39)26-58/h1-20,61-64H,21-28H2. The van der Waals surface area contributed by atoms with Crippen LogP contribution in [0.5, 0.6) is 0 Å². The number of rotatable bonds is 12. The number of hydrogen-bond donors (Lipinski definition) is 4. The molecule has 0 unspecified atom stereocenters. The van der Waals surface area contributed by atoms with Crippen molar-refractivity contribution in [2.75, 3.05) is 0 Å². The second kappa shape index (κ2) is 20.7. The van der Waals surface area contributed by atoms with Crippen LogP contribution in [0.15, 0.2) is 121 Å². The summed E-state index contributed by atoms with van der Waals surface area (Å²) in [5.41, 5.74) is 22.6. The predicted molar refractivity (Wildman–Crippen MR) is 295 cm³/mol. The lowest BCUT2D eigenvalue weighted by Gasteiger charge is -2.13. The predicted octanol–water partition coefficient (Wildman–Crippen LogP) is 13.5. The zero-order valence-corrected chi connectivity index (χ0v) is 46.9. The molecule has 8 aromatic rings. The van der Waals surface area contributed by atoms with Gasteiger partial charge in [0.05, 0.1) is 0 Å². The Morgan fingerprint density at radius 1 is 0.234 bits per heavy atom. The van der Waals surface area contributed by atoms with Crippen molar-refractivity contribution in [3.8, 4) is 0 Å². The molecule has 0 saturated heterocycles. The van der Waals surface area contributed by atoms with Gasteiger partial charge in [0, 0.05) is 109 Å². The molecule has 0 fully saturated rings. The fraction of sp³-hybridized carbons (Fsp3) is 0.154. The SMILES string of the molecule is BrCc1cc(CBr)cc(C2=c3ccc([nH]3)=C(c3cc(CBr)cc(CBr)c3)c3ccc([nH]3)C(c3cc(CBr)cc(CBr)c3)=c3ccc([nH]3)=C(c3cc(CBr)cc(CBr)c3)c3ccc2[nH]3)c1. The Morgan fingerprint density at radius 2 is 0.422 bits per heavy atom. The number of alkyl halides is 8. The van der Waals surface area contributed by atoms with Crippen LogP contribution in [-0.2, 0) is 42.6 Å². The zero-order valence-electron chi connectivity index (χ0n) is 34.2. The number of fused-ring (bicyclic) bond motifs is 8. The lowest BCUT2D eigenvalue weighted by molar-refractivity contribution is 1.18. The number of aromatic amines is 4. The van der Waals surface area contributed by atoms with Crippen molar-refractivity contribution in [2.45, 2.75) is 42.6 Å². The highest BCUT2D eigenvalue weighted by atomic mass is 79.9. The topological polar surface area (TPSA) is 63.2 Å². The summed E-state index contributed by atoms with van der Waals surface area (Å²) in [6.45, 7) is 0. The average molecular weight is 1360 g/mol. The first-order chi connectivity index (χ1) is 31.3. The molecule has 0 saturated carbocycles. The van der Waals surface area contributed by atoms with Gasteiger partial charge in [-0.3, -0.25) is 0 Å². The van der Waals surface area contributed by atoms with Crippen molar-refractivity contribution in [2.24, 2.45) is 0 Å². The van der Waals surface area contributed by atoms with Crippen molar-refractivity contribution in [1.29, 1.82) is 0 Å². The van der Waals surface area contributed by atoms with Gasteiger partial charge in [0.1, 0.15) is 0 Å². The average Bonchev–Trinajstić information content (AvgIpc) is 4.19. The summed E-state index contributed by atoms with van der Waals surface area (Å²) in [5, 5.41) is 10.0. The van der Waals surface area contributed by atoms with Gasteiger partial charge in [0.25, 0.3) is 0 Å². The molecule has 1 aliphatic rings. The van der Waals surface area contributed by atoms with Crippen LogP contribution < -0.4 is 21.4 Å². The minimum absolute atomic E-state index is 0.747. The maximum atomic E-state index is 3.99. The van der Waals surface area contributed by atoms with Gasteiger partial charge in [0.15, 0.2) is 0 Å². The largest absolute Gasteiger partial charge is 0.354 e. The number of benzene rings is 4. The molecule has 4 aromatic heterocycles. The fourth-order valence-electron chi connectivity index (χ4n) is 8.82. The van der Waals surface area contributed by atoms with E-state index in [9.17, 15) is 0 Å². The van der Waals surface area contributed by atoms with Gasteiger partial charge in [-0.25, -0.2) is 0 Å². The van der Waals surface area contributed by atoms with E-state index in [0.717, 1.165) is 131 Å². The van der Waals surface area contributed by atoms with Crippen molar-refractivity contribution in [3.63, 3.8) is 0 Å². The van der Waals surface area contributed by atoms with E-state index >= 15 is 0 Å². The first kappa shape index (κ1) is 46.4. The smallest absolute Gasteiger partial charge is 0.0485 e. The first-order valence-corrected chi connectivity index (χ1v) is 29.5. The highest BCUT2D eigenvalue weighted by Crippen LogP contribution is 2.32. The summed E-state index contributed by atoms with van der Waals surface area (Å²) in [5.74, 6) is 0. The fourth-order valence-corrected chi connectivity index (χ4v) is 11.4. The van der Waals surface area contributed by atoms with Gasteiger partial charge in [-0.1, -0.05) is 200 Å². The molecule has 0 radical (unpaired) electrons. The Morgan fingerprint density at radius 3 is 0.594 bits per heavy atom. The highest BCUT2D eigenvalue weighted by Gasteiger charge is 2.20. The molecule has 0 amide bonds. The van der Waals surface area contributed by atoms with Crippen LogP contribution in [0.1, 0.15) is 89.5 Å². The summed E-state index contributed by atoms with van der Waals surface area (Å²) >= 11 is 30.2. The van der Waals surface area contributed by atoms with Crippen LogP contribution in [0.4, 0.5) is 0 Å². The monoisotopic (exact) mass is 1350 g/mol. The van der Waals surface area contributed by atoms with E-state index in [1.807, 2.05) is 0 Å². The highest BCUT2D eigenvalue weighted by molar-refractivity contribution is 9.09. The zero-order chi connectivity index (χ0) is 44.5. The quantitative estimate of drug-likeness (QED) is 0.0881. The molecule has 324 valence electrons. The third-order valence-corrected chi connectivity index (χ3v) is 16.7. The molecule has 9 rings (SSSR count). The lowest BCUT2D eigenvalue weighted by Crippen LogP contribution is -2.19. The van der Waals surface area contributed by atoms with Crippen LogP contribution in [0.3, 0.4) is 0 Å². The van der Waals surface area contributed by atoms with Crippen molar-refractivity contribution in [1.82, 2.24) is 19.9 Å². The van der Waals surface area contributed by atoms with E-state index in [1.54, 1.807) is 0 Å². The van der Waals surface area contributed by atoms with Crippen LogP contribution in [0.2, 0.25) is 0 Å². The van der Waals surface area contributed by atoms with Crippen molar-refractivity contribution >= 4 is 150 Å². The summed E-state index contributed by atoms with van der Waals surface area (Å²) in [4.78, 5) is 15.9. The Kier molecular flexibility index (Phi) is 15.0. The molecule has 12 heteroatoms. The molecule has 8 bridgehead atoms. The second-order valence-corrected chi connectivity index (χ2v) is 20.4. The van der Waals surface area contributed by atoms with Gasteiger partial charge >= 0.3 is 0 Å². The molecule has 0 atom stereocenters. The van der Waals surface area contributed by atoms with E-state index in [4.69, 9.17) is 0 Å². The molecule has 1 aliphatic heterocycles. The number of hydrogen-bond acceptors (Lipinski definition) is 0. The third-order valence-electron chi connectivity index (χ3n) is 11.5. The number of halogens is 8. The summed E-state index contributed by atoms with van der Waals surface area (Å²) in [6, 6.07) is 45.3. The maximum absolute atomic E-state index is 3.99. The summed E-state index contributed by atoms with van der Waals surface area (Å²) in [6.07, 6.45) is 0. The van der Waals surface area contributed by atoms with E-state index in [1.165, 1.54) is 44.5 Å². The Balaban J connectivity index is 1.46. The molecule has 5 heterocycles. The molecule has 4 aromatic carbocycles. The molecular weight excluding hydrogens is 1320 g/mol. The Labute approximate surface area is 439 Å². The number of H-pyrrole nitrogens is 4. The molecule has 0 spiro atoms. The van der Waals surface area contributed by atoms with Crippen LogP contribution >= 0.6 is 127 Å².